The van der Waals surface area contributed by atoms with Gasteiger partial charge in [-0.2, -0.15) is 5.21 Å². The van der Waals surface area contributed by atoms with E-state index < -0.39 is 32.9 Å². The summed E-state index contributed by atoms with van der Waals surface area (Å²) in [6, 6.07) is -0.707. The number of thioether (sulfide) groups is 2. The Morgan fingerprint density at radius 1 is 1.47 bits per heavy atom. The molecule has 2 unspecified atom stereocenters. The number of β-lactam (4-membered cyclic amide) rings is 1. The number of nitrogens with zero attached hydrogens (tertiary/aromatic N) is 4. The number of hydrogen-bond acceptors (Lipinski definition) is 11. The molecule has 5 N–H and O–H groups in total. The molecule has 12 nitrogen and oxygen atoms in total. The van der Waals surface area contributed by atoms with E-state index in [2.05, 4.69) is 20.6 Å². The summed E-state index contributed by atoms with van der Waals surface area (Å²) in [6.45, 7) is 5.16. The molecular weight excluding hydrogens is 454 g/mol. The Morgan fingerprint density at radius 3 is 2.73 bits per heavy atom. The number of carbonyl (C=O) groups is 2. The van der Waals surface area contributed by atoms with Crippen LogP contribution in [0.1, 0.15) is 27.2 Å². The highest BCUT2D eigenvalue weighted by Crippen LogP contribution is 2.44. The maximum Gasteiger partial charge on any atom is 0.355 e. The van der Waals surface area contributed by atoms with E-state index in [9.17, 15) is 18.0 Å². The zero-order valence-electron chi connectivity index (χ0n) is 16.6. The first-order chi connectivity index (χ1) is 13.9. The lowest BCUT2D eigenvalue weighted by Gasteiger charge is -2.49. The minimum Gasteiger partial charge on any atom is -0.455 e. The highest BCUT2D eigenvalue weighted by molar-refractivity contribution is 8.01. The summed E-state index contributed by atoms with van der Waals surface area (Å²) in [7, 11) is -3.76. The van der Waals surface area contributed by atoms with Crippen LogP contribution in [0, 0.1) is 0 Å². The number of aromatic amines is 1. The van der Waals surface area contributed by atoms with Gasteiger partial charge in [-0.05, 0) is 38.0 Å². The van der Waals surface area contributed by atoms with E-state index in [-0.39, 0.29) is 34.3 Å². The van der Waals surface area contributed by atoms with E-state index in [1.807, 2.05) is 0 Å². The van der Waals surface area contributed by atoms with Crippen molar-refractivity contribution in [1.29, 1.82) is 0 Å². The van der Waals surface area contributed by atoms with Gasteiger partial charge in [0.05, 0.1) is 5.75 Å². The van der Waals surface area contributed by atoms with Crippen LogP contribution in [0.5, 0.6) is 0 Å². The van der Waals surface area contributed by atoms with Crippen molar-refractivity contribution in [3.05, 3.63) is 11.3 Å². The van der Waals surface area contributed by atoms with Gasteiger partial charge < -0.3 is 10.5 Å². The third-order valence-electron chi connectivity index (χ3n) is 4.26. The van der Waals surface area contributed by atoms with Crippen LogP contribution in [0.25, 0.3) is 0 Å². The molecule has 0 bridgehead atoms. The number of primary sulfonamides is 1. The maximum absolute atomic E-state index is 13.0. The number of esters is 1. The van der Waals surface area contributed by atoms with Crippen LogP contribution < -0.4 is 10.9 Å². The predicted molar refractivity (Wildman–Crippen MR) is 110 cm³/mol. The molecule has 30 heavy (non-hydrogen) atoms. The minimum absolute atomic E-state index is 0.0823. The van der Waals surface area contributed by atoms with Crippen molar-refractivity contribution in [3.8, 4) is 0 Å². The van der Waals surface area contributed by atoms with E-state index in [0.29, 0.717) is 11.3 Å². The number of H-pyrrole nitrogens is 1. The fourth-order valence-corrected chi connectivity index (χ4v) is 6.21. The van der Waals surface area contributed by atoms with Crippen LogP contribution in [-0.2, 0) is 24.3 Å². The van der Waals surface area contributed by atoms with E-state index >= 15 is 0 Å². The molecule has 3 atom stereocenters. The zero-order chi connectivity index (χ0) is 22.3. The second-order valence-corrected chi connectivity index (χ2v) is 11.8. The molecule has 0 spiro atoms. The maximum atomic E-state index is 13.0. The van der Waals surface area contributed by atoms with Crippen molar-refractivity contribution in [3.63, 3.8) is 0 Å². The second-order valence-electron chi connectivity index (χ2n) is 7.77. The number of amides is 1. The third kappa shape index (κ3) is 5.14. The van der Waals surface area contributed by atoms with Gasteiger partial charge in [-0.3, -0.25) is 9.69 Å². The van der Waals surface area contributed by atoms with Gasteiger partial charge in [0.2, 0.25) is 21.1 Å². The lowest BCUT2D eigenvalue weighted by molar-refractivity contribution is -0.158. The molecular formula is C15H23N7O5S3. The molecule has 0 radical (unpaired) electrons. The quantitative estimate of drug-likeness (QED) is 0.253. The van der Waals surface area contributed by atoms with Crippen molar-refractivity contribution in [1.82, 2.24) is 25.5 Å². The van der Waals surface area contributed by atoms with Crippen LogP contribution in [0.15, 0.2) is 16.4 Å². The SMILES string of the molecule is CC(C)(C)OC(=O)C1=C(C(CCS(N)(=O)=O)Sc2nn[nH]n2)CS[C@@H]2C(N)C(=O)N12. The monoisotopic (exact) mass is 477 g/mol. The summed E-state index contributed by atoms with van der Waals surface area (Å²) >= 11 is 2.53. The lowest BCUT2D eigenvalue weighted by atomic mass is 10.0. The first-order valence-electron chi connectivity index (χ1n) is 8.94. The molecule has 2 aliphatic rings. The molecule has 1 amide bonds. The summed E-state index contributed by atoms with van der Waals surface area (Å²) in [5, 5.41) is 18.1. The fourth-order valence-electron chi connectivity index (χ4n) is 3.01. The van der Waals surface area contributed by atoms with Crippen LogP contribution >= 0.6 is 23.5 Å². The number of sulfonamides is 1. The molecule has 3 rings (SSSR count). The Kier molecular flexibility index (Phi) is 6.48. The molecule has 0 saturated carbocycles. The van der Waals surface area contributed by atoms with Crippen LogP contribution in [0.4, 0.5) is 0 Å². The molecule has 1 saturated heterocycles. The minimum atomic E-state index is -3.76. The topological polar surface area (TPSA) is 187 Å². The molecule has 1 aromatic heterocycles. The third-order valence-corrected chi connectivity index (χ3v) is 7.57. The van der Waals surface area contributed by atoms with Gasteiger partial charge in [-0.1, -0.05) is 11.8 Å². The highest BCUT2D eigenvalue weighted by atomic mass is 32.2. The molecule has 166 valence electrons. The summed E-state index contributed by atoms with van der Waals surface area (Å²) in [6.07, 6.45) is 0.0823. The standard InChI is InChI=1S/C15H23N7O5S3/c1-15(2,3)27-13(24)10-7(6-28-12-9(16)11(23)22(10)12)8(4-5-30(17,25)26)29-14-18-20-21-19-14/h8-9,12H,4-6,16H2,1-3H3,(H2,17,25,26)(H,18,19,20,21)/t8?,9?,12-/m1/s1. The summed E-state index contributed by atoms with van der Waals surface area (Å²) in [4.78, 5) is 26.8. The highest BCUT2D eigenvalue weighted by Gasteiger charge is 2.53. The number of rotatable bonds is 7. The van der Waals surface area contributed by atoms with E-state index in [0.717, 1.165) is 11.8 Å². The zero-order valence-corrected chi connectivity index (χ0v) is 19.0. The number of nitrogens with one attached hydrogen (secondary N) is 1. The van der Waals surface area contributed by atoms with Gasteiger partial charge in [0.1, 0.15) is 22.7 Å². The Balaban J connectivity index is 2.02. The molecule has 2 aliphatic heterocycles. The number of nitrogens with two attached hydrogens (primary N) is 2. The average molecular weight is 478 g/mol. The molecule has 15 heteroatoms. The Bertz CT molecular complexity index is 958. The smallest absolute Gasteiger partial charge is 0.355 e. The summed E-state index contributed by atoms with van der Waals surface area (Å²) in [5.41, 5.74) is 5.74. The van der Waals surface area contributed by atoms with Gasteiger partial charge in [-0.15, -0.1) is 22.0 Å². The Morgan fingerprint density at radius 2 is 2.17 bits per heavy atom. The van der Waals surface area contributed by atoms with Gasteiger partial charge >= 0.3 is 5.97 Å². The number of fused-ring (bicyclic) bond motifs is 1. The molecule has 0 aromatic carbocycles. The number of carbonyl (C=O) groups excluding carboxylic acids is 2. The average Bonchev–Trinajstić information content (AvgIpc) is 3.14. The number of ether oxygens (including phenoxy) is 1. The largest absolute Gasteiger partial charge is 0.455 e. The van der Waals surface area contributed by atoms with Gasteiger partial charge in [0, 0.05) is 11.0 Å². The van der Waals surface area contributed by atoms with Gasteiger partial charge in [0.25, 0.3) is 0 Å². The summed E-state index contributed by atoms with van der Waals surface area (Å²) in [5.74, 6) is -1.02. The summed E-state index contributed by atoms with van der Waals surface area (Å²) < 4.78 is 28.7. The van der Waals surface area contributed by atoms with Gasteiger partial charge in [-0.25, -0.2) is 18.4 Å². The fraction of sp³-hybridized carbons (Fsp3) is 0.667. The molecule has 1 aromatic rings. The van der Waals surface area contributed by atoms with E-state index in [1.165, 1.54) is 16.7 Å². The molecule has 0 aliphatic carbocycles. The first-order valence-corrected chi connectivity index (χ1v) is 12.6. The van der Waals surface area contributed by atoms with E-state index in [1.54, 1.807) is 20.8 Å². The van der Waals surface area contributed by atoms with Crippen molar-refractivity contribution < 1.29 is 22.7 Å². The van der Waals surface area contributed by atoms with Crippen molar-refractivity contribution in [2.24, 2.45) is 10.9 Å². The predicted octanol–water partition coefficient (Wildman–Crippen LogP) is -0.823. The van der Waals surface area contributed by atoms with E-state index in [4.69, 9.17) is 15.6 Å². The van der Waals surface area contributed by atoms with Crippen LogP contribution in [-0.4, -0.2) is 79.6 Å². The van der Waals surface area contributed by atoms with Crippen molar-refractivity contribution in [2.45, 2.75) is 54.6 Å². The first kappa shape index (κ1) is 23.0. The van der Waals surface area contributed by atoms with Crippen LogP contribution in [0.2, 0.25) is 0 Å². The van der Waals surface area contributed by atoms with Crippen LogP contribution in [0.3, 0.4) is 0 Å². The number of aromatic nitrogens is 4. The normalized spacial score (nSPS) is 23.1. The second kappa shape index (κ2) is 8.45. The lowest BCUT2D eigenvalue weighted by Crippen LogP contribution is -2.68. The Hall–Kier alpha value is -1.68. The number of hydrogen-bond donors (Lipinski definition) is 3. The van der Waals surface area contributed by atoms with Gasteiger partial charge in [0.15, 0.2) is 0 Å². The molecule has 1 fully saturated rings. The van der Waals surface area contributed by atoms with Crippen molar-refractivity contribution >= 4 is 45.4 Å². The number of tetrazole rings is 1. The molecule has 3 heterocycles. The van der Waals surface area contributed by atoms with Crippen molar-refractivity contribution in [2.75, 3.05) is 11.5 Å². The Labute approximate surface area is 181 Å².